The third-order valence-electron chi connectivity index (χ3n) is 2.18. The van der Waals surface area contributed by atoms with Gasteiger partial charge >= 0.3 is 12.4 Å². The highest BCUT2D eigenvalue weighted by Gasteiger charge is 2.36. The van der Waals surface area contributed by atoms with Crippen LogP contribution in [0.2, 0.25) is 0 Å². The molecule has 0 aliphatic rings. The Kier molecular flexibility index (Phi) is 3.95. The van der Waals surface area contributed by atoms with Gasteiger partial charge in [-0.3, -0.25) is 0 Å². The van der Waals surface area contributed by atoms with E-state index >= 15 is 0 Å². The lowest BCUT2D eigenvalue weighted by Gasteiger charge is -2.14. The summed E-state index contributed by atoms with van der Waals surface area (Å²) in [6.45, 7) is 1.29. The van der Waals surface area contributed by atoms with E-state index in [0.29, 0.717) is 12.1 Å². The van der Waals surface area contributed by atoms with Crippen molar-refractivity contribution >= 4 is 0 Å². The monoisotopic (exact) mass is 272 g/mol. The first-order valence-electron chi connectivity index (χ1n) is 4.96. The summed E-state index contributed by atoms with van der Waals surface area (Å²) >= 11 is 0. The summed E-state index contributed by atoms with van der Waals surface area (Å²) in [6.07, 6.45) is -11.0. The van der Waals surface area contributed by atoms with Crippen molar-refractivity contribution in [2.24, 2.45) is 0 Å². The summed E-state index contributed by atoms with van der Waals surface area (Å²) in [5, 5.41) is 9.03. The second-order valence-corrected chi connectivity index (χ2v) is 3.97. The minimum atomic E-state index is -4.85. The molecule has 0 heterocycles. The summed E-state index contributed by atoms with van der Waals surface area (Å²) in [7, 11) is 0. The average Bonchev–Trinajstić information content (AvgIpc) is 2.13. The van der Waals surface area contributed by atoms with Crippen molar-refractivity contribution in [3.05, 3.63) is 34.9 Å². The van der Waals surface area contributed by atoms with Gasteiger partial charge in [-0.2, -0.15) is 26.3 Å². The zero-order chi connectivity index (χ0) is 14.1. The molecule has 0 saturated heterocycles. The molecule has 1 rings (SSSR count). The Bertz CT molecular complexity index is 386. The van der Waals surface area contributed by atoms with Crippen LogP contribution in [0.1, 0.15) is 23.6 Å². The highest BCUT2D eigenvalue weighted by atomic mass is 19.4. The number of benzene rings is 1. The Morgan fingerprint density at radius 1 is 0.944 bits per heavy atom. The standard InChI is InChI=1S/C11H10F6O/c1-6(18)2-7-3-8(10(12,13)14)5-9(4-7)11(15,16)17/h3-6,18H,2H2,1H3/t6-/m1/s1. The molecule has 0 aromatic heterocycles. The van der Waals surface area contributed by atoms with E-state index in [4.69, 9.17) is 5.11 Å². The number of aliphatic hydroxyl groups excluding tert-OH is 1. The lowest BCUT2D eigenvalue weighted by molar-refractivity contribution is -0.143. The molecule has 18 heavy (non-hydrogen) atoms. The summed E-state index contributed by atoms with van der Waals surface area (Å²) in [4.78, 5) is 0. The first-order valence-corrected chi connectivity index (χ1v) is 4.96. The first kappa shape index (κ1) is 14.8. The van der Waals surface area contributed by atoms with Crippen molar-refractivity contribution in [3.8, 4) is 0 Å². The number of hydrogen-bond donors (Lipinski definition) is 1. The number of rotatable bonds is 2. The van der Waals surface area contributed by atoms with E-state index in [0.717, 1.165) is 0 Å². The van der Waals surface area contributed by atoms with Crippen LogP contribution in [0, 0.1) is 0 Å². The van der Waals surface area contributed by atoms with Crippen LogP contribution in [-0.4, -0.2) is 11.2 Å². The molecule has 102 valence electrons. The topological polar surface area (TPSA) is 20.2 Å². The van der Waals surface area contributed by atoms with Gasteiger partial charge in [0.05, 0.1) is 17.2 Å². The van der Waals surface area contributed by atoms with E-state index in [1.165, 1.54) is 6.92 Å². The molecule has 0 aliphatic carbocycles. The van der Waals surface area contributed by atoms with Crippen molar-refractivity contribution in [1.82, 2.24) is 0 Å². The molecule has 0 unspecified atom stereocenters. The van der Waals surface area contributed by atoms with Gasteiger partial charge in [0.25, 0.3) is 0 Å². The molecule has 0 saturated carbocycles. The smallest absolute Gasteiger partial charge is 0.393 e. The normalized spacial score (nSPS) is 14.7. The molecule has 1 aromatic carbocycles. The summed E-state index contributed by atoms with van der Waals surface area (Å²) in [5.74, 6) is 0. The second-order valence-electron chi connectivity index (χ2n) is 3.97. The largest absolute Gasteiger partial charge is 0.416 e. The lowest BCUT2D eigenvalue weighted by atomic mass is 10.0. The van der Waals surface area contributed by atoms with E-state index in [2.05, 4.69) is 0 Å². The van der Waals surface area contributed by atoms with Gasteiger partial charge in [-0.1, -0.05) is 0 Å². The van der Waals surface area contributed by atoms with E-state index < -0.39 is 29.6 Å². The fourth-order valence-corrected chi connectivity index (χ4v) is 1.48. The molecule has 0 radical (unpaired) electrons. The molecular formula is C11H10F6O. The van der Waals surface area contributed by atoms with Gasteiger partial charge in [0, 0.05) is 0 Å². The van der Waals surface area contributed by atoms with Crippen LogP contribution in [-0.2, 0) is 18.8 Å². The Morgan fingerprint density at radius 2 is 1.33 bits per heavy atom. The molecule has 0 fully saturated rings. The average molecular weight is 272 g/mol. The van der Waals surface area contributed by atoms with Gasteiger partial charge in [-0.05, 0) is 37.1 Å². The third-order valence-corrected chi connectivity index (χ3v) is 2.18. The van der Waals surface area contributed by atoms with E-state index in [1.54, 1.807) is 0 Å². The fraction of sp³-hybridized carbons (Fsp3) is 0.455. The highest BCUT2D eigenvalue weighted by Crippen LogP contribution is 2.36. The van der Waals surface area contributed by atoms with Crippen LogP contribution < -0.4 is 0 Å². The van der Waals surface area contributed by atoms with Gasteiger partial charge in [0.15, 0.2) is 0 Å². The maximum atomic E-state index is 12.4. The zero-order valence-corrected chi connectivity index (χ0v) is 9.23. The van der Waals surface area contributed by atoms with Crippen molar-refractivity contribution in [2.45, 2.75) is 31.8 Å². The maximum absolute atomic E-state index is 12.4. The Labute approximate surface area is 99.0 Å². The number of aliphatic hydroxyl groups is 1. The molecule has 1 atom stereocenters. The molecule has 0 spiro atoms. The van der Waals surface area contributed by atoms with Crippen molar-refractivity contribution < 1.29 is 31.4 Å². The predicted molar refractivity (Wildman–Crippen MR) is 51.8 cm³/mol. The lowest BCUT2D eigenvalue weighted by Crippen LogP contribution is -2.13. The quantitative estimate of drug-likeness (QED) is 0.815. The SMILES string of the molecule is C[C@@H](O)Cc1cc(C(F)(F)F)cc(C(F)(F)F)c1. The molecule has 0 bridgehead atoms. The zero-order valence-electron chi connectivity index (χ0n) is 9.23. The van der Waals surface area contributed by atoms with Crippen molar-refractivity contribution in [3.63, 3.8) is 0 Å². The Morgan fingerprint density at radius 3 is 1.61 bits per heavy atom. The second kappa shape index (κ2) is 4.79. The summed E-state index contributed by atoms with van der Waals surface area (Å²) in [5.41, 5.74) is -2.94. The highest BCUT2D eigenvalue weighted by molar-refractivity contribution is 5.33. The third kappa shape index (κ3) is 3.90. The summed E-state index contributed by atoms with van der Waals surface area (Å²) in [6, 6.07) is 1.29. The van der Waals surface area contributed by atoms with Gasteiger partial charge in [0.1, 0.15) is 0 Å². The van der Waals surface area contributed by atoms with E-state index in [1.807, 2.05) is 0 Å². The van der Waals surface area contributed by atoms with E-state index in [-0.39, 0.29) is 18.1 Å². The van der Waals surface area contributed by atoms with Crippen LogP contribution >= 0.6 is 0 Å². The number of alkyl halides is 6. The summed E-state index contributed by atoms with van der Waals surface area (Å²) < 4.78 is 74.7. The number of halogens is 6. The van der Waals surface area contributed by atoms with Crippen LogP contribution in [0.4, 0.5) is 26.3 Å². The fourth-order valence-electron chi connectivity index (χ4n) is 1.48. The molecule has 7 heteroatoms. The Hall–Kier alpha value is -1.24. The first-order chi connectivity index (χ1) is 8.00. The van der Waals surface area contributed by atoms with Gasteiger partial charge in [-0.15, -0.1) is 0 Å². The molecule has 1 nitrogen and oxygen atoms in total. The van der Waals surface area contributed by atoms with Crippen molar-refractivity contribution in [2.75, 3.05) is 0 Å². The molecule has 1 aromatic rings. The van der Waals surface area contributed by atoms with Crippen LogP contribution in [0.15, 0.2) is 18.2 Å². The van der Waals surface area contributed by atoms with Crippen LogP contribution in [0.3, 0.4) is 0 Å². The number of hydrogen-bond acceptors (Lipinski definition) is 1. The van der Waals surface area contributed by atoms with E-state index in [9.17, 15) is 26.3 Å². The van der Waals surface area contributed by atoms with Crippen molar-refractivity contribution in [1.29, 1.82) is 0 Å². The molecule has 1 N–H and O–H groups in total. The molecule has 0 aliphatic heterocycles. The van der Waals surface area contributed by atoms with Gasteiger partial charge in [0.2, 0.25) is 0 Å². The molecule has 0 amide bonds. The maximum Gasteiger partial charge on any atom is 0.416 e. The van der Waals surface area contributed by atoms with Gasteiger partial charge in [-0.25, -0.2) is 0 Å². The molecular weight excluding hydrogens is 262 g/mol. The van der Waals surface area contributed by atoms with Gasteiger partial charge < -0.3 is 5.11 Å². The Balaban J connectivity index is 3.29. The minimum absolute atomic E-state index is 0.0611. The predicted octanol–water partition coefficient (Wildman–Crippen LogP) is 3.65. The van der Waals surface area contributed by atoms with Crippen LogP contribution in [0.25, 0.3) is 0 Å². The minimum Gasteiger partial charge on any atom is -0.393 e. The van der Waals surface area contributed by atoms with Crippen LogP contribution in [0.5, 0.6) is 0 Å².